The third-order valence-corrected chi connectivity index (χ3v) is 5.26. The third kappa shape index (κ3) is 5.45. The highest BCUT2D eigenvalue weighted by atomic mass is 16.5. The Morgan fingerprint density at radius 2 is 2.11 bits per heavy atom. The van der Waals surface area contributed by atoms with Crippen LogP contribution in [-0.2, 0) is 4.74 Å². The summed E-state index contributed by atoms with van der Waals surface area (Å²) in [6.07, 6.45) is 4.23. The van der Waals surface area contributed by atoms with Gasteiger partial charge in [-0.3, -0.25) is 4.79 Å². The van der Waals surface area contributed by atoms with E-state index in [-0.39, 0.29) is 30.0 Å². The summed E-state index contributed by atoms with van der Waals surface area (Å²) in [4.78, 5) is 26.7. The molecule has 2 heterocycles. The van der Waals surface area contributed by atoms with Crippen LogP contribution in [0.1, 0.15) is 61.4 Å². The van der Waals surface area contributed by atoms with Gasteiger partial charge in [0.1, 0.15) is 0 Å². The molecule has 2 fully saturated rings. The van der Waals surface area contributed by atoms with Crippen molar-refractivity contribution in [1.82, 2.24) is 15.5 Å². The van der Waals surface area contributed by atoms with Crippen LogP contribution in [0.2, 0.25) is 0 Å². The number of carbonyl (C=O) groups excluding carboxylic acids is 2. The highest BCUT2D eigenvalue weighted by Crippen LogP contribution is 2.27. The highest BCUT2D eigenvalue weighted by molar-refractivity contribution is 5.94. The van der Waals surface area contributed by atoms with E-state index in [1.165, 1.54) is 0 Å². The van der Waals surface area contributed by atoms with Crippen molar-refractivity contribution in [3.63, 3.8) is 0 Å². The molecule has 0 unspecified atom stereocenters. The summed E-state index contributed by atoms with van der Waals surface area (Å²) in [5.41, 5.74) is 1.80. The molecule has 0 aromatic heterocycles. The topological polar surface area (TPSA) is 70.7 Å². The fourth-order valence-corrected chi connectivity index (χ4v) is 3.82. The van der Waals surface area contributed by atoms with E-state index in [0.29, 0.717) is 18.7 Å². The largest absolute Gasteiger partial charge is 0.376 e. The van der Waals surface area contributed by atoms with E-state index in [1.807, 2.05) is 36.9 Å². The number of hydrogen-bond acceptors (Lipinski definition) is 3. The summed E-state index contributed by atoms with van der Waals surface area (Å²) in [6.45, 7) is 6.78. The van der Waals surface area contributed by atoms with Crippen LogP contribution in [0.15, 0.2) is 24.3 Å². The summed E-state index contributed by atoms with van der Waals surface area (Å²) >= 11 is 0. The normalized spacial score (nSPS) is 22.7. The summed E-state index contributed by atoms with van der Waals surface area (Å²) in [5, 5.41) is 5.95. The van der Waals surface area contributed by atoms with E-state index in [9.17, 15) is 9.59 Å². The molecule has 3 rings (SSSR count). The smallest absolute Gasteiger partial charge is 0.317 e. The van der Waals surface area contributed by atoms with Crippen molar-refractivity contribution in [2.45, 2.75) is 57.6 Å². The molecule has 6 nitrogen and oxygen atoms in total. The number of benzene rings is 1. The lowest BCUT2D eigenvalue weighted by Gasteiger charge is -2.33. The Bertz CT molecular complexity index is 656. The Balaban J connectivity index is 1.60. The van der Waals surface area contributed by atoms with E-state index < -0.39 is 0 Å². The molecular weight excluding hydrogens is 342 g/mol. The molecule has 0 radical (unpaired) electrons. The molecule has 0 spiro atoms. The van der Waals surface area contributed by atoms with Crippen molar-refractivity contribution in [3.05, 3.63) is 35.4 Å². The van der Waals surface area contributed by atoms with Crippen molar-refractivity contribution >= 4 is 11.9 Å². The third-order valence-electron chi connectivity index (χ3n) is 5.26. The van der Waals surface area contributed by atoms with Crippen molar-refractivity contribution in [3.8, 4) is 0 Å². The molecular formula is C21H31N3O3. The molecule has 148 valence electrons. The van der Waals surface area contributed by atoms with Crippen LogP contribution in [0.3, 0.4) is 0 Å². The van der Waals surface area contributed by atoms with Gasteiger partial charge < -0.3 is 20.3 Å². The molecule has 2 aliphatic heterocycles. The minimum absolute atomic E-state index is 0.000149. The van der Waals surface area contributed by atoms with E-state index in [1.54, 1.807) is 0 Å². The molecule has 2 saturated heterocycles. The van der Waals surface area contributed by atoms with Crippen LogP contribution in [0.25, 0.3) is 0 Å². The second kappa shape index (κ2) is 9.22. The van der Waals surface area contributed by atoms with Crippen molar-refractivity contribution in [2.75, 3.05) is 26.2 Å². The van der Waals surface area contributed by atoms with Gasteiger partial charge in [-0.05, 0) is 57.2 Å². The average molecular weight is 373 g/mol. The average Bonchev–Trinajstić information content (AvgIpc) is 3.19. The maximum Gasteiger partial charge on any atom is 0.317 e. The lowest BCUT2D eigenvalue weighted by atomic mass is 9.89. The molecule has 6 heteroatoms. The van der Waals surface area contributed by atoms with Gasteiger partial charge in [0, 0.05) is 43.8 Å². The first-order valence-corrected chi connectivity index (χ1v) is 10.1. The first kappa shape index (κ1) is 19.7. The molecule has 0 bridgehead atoms. The maximum absolute atomic E-state index is 12.5. The summed E-state index contributed by atoms with van der Waals surface area (Å²) in [6, 6.07) is 7.95. The fourth-order valence-electron chi connectivity index (χ4n) is 3.82. The van der Waals surface area contributed by atoms with E-state index in [4.69, 9.17) is 4.74 Å². The number of hydrogen-bond donors (Lipinski definition) is 2. The molecule has 0 saturated carbocycles. The Morgan fingerprint density at radius 3 is 2.85 bits per heavy atom. The Hall–Kier alpha value is -2.08. The molecule has 2 atom stereocenters. The van der Waals surface area contributed by atoms with Gasteiger partial charge >= 0.3 is 6.03 Å². The molecule has 0 aliphatic carbocycles. The second-order valence-corrected chi connectivity index (χ2v) is 7.86. The number of urea groups is 1. The highest BCUT2D eigenvalue weighted by Gasteiger charge is 2.25. The van der Waals surface area contributed by atoms with Crippen molar-refractivity contribution in [2.24, 2.45) is 0 Å². The SMILES string of the molecule is CC(C)NC(=O)N1CCC[C@@H](c2cccc(C(=O)NC[C@H]3CCCO3)c2)C1. The lowest BCUT2D eigenvalue weighted by Crippen LogP contribution is -2.47. The number of piperidine rings is 1. The van der Waals surface area contributed by atoms with Crippen LogP contribution in [-0.4, -0.2) is 55.2 Å². The first-order valence-electron chi connectivity index (χ1n) is 10.1. The molecule has 2 aliphatic rings. The Labute approximate surface area is 161 Å². The minimum atomic E-state index is -0.0578. The van der Waals surface area contributed by atoms with Crippen LogP contribution in [0, 0.1) is 0 Å². The van der Waals surface area contributed by atoms with Gasteiger partial charge in [-0.25, -0.2) is 4.79 Å². The monoisotopic (exact) mass is 373 g/mol. The number of ether oxygens (including phenoxy) is 1. The molecule has 3 amide bonds. The van der Waals surface area contributed by atoms with Gasteiger partial charge in [0.05, 0.1) is 6.10 Å². The van der Waals surface area contributed by atoms with Gasteiger partial charge in [-0.15, -0.1) is 0 Å². The van der Waals surface area contributed by atoms with Gasteiger partial charge in [0.15, 0.2) is 0 Å². The van der Waals surface area contributed by atoms with Gasteiger partial charge in [-0.2, -0.15) is 0 Å². The summed E-state index contributed by atoms with van der Waals surface area (Å²) in [7, 11) is 0. The summed E-state index contributed by atoms with van der Waals surface area (Å²) < 4.78 is 5.56. The first-order chi connectivity index (χ1) is 13.0. The standard InChI is InChI=1S/C21H31N3O3/c1-15(2)23-21(26)24-10-4-8-18(14-24)16-6-3-7-17(12-16)20(25)22-13-19-9-5-11-27-19/h3,6-7,12,15,18-19H,4-5,8-11,13-14H2,1-2H3,(H,22,25)(H,23,26)/t18-,19-/m1/s1. The van der Waals surface area contributed by atoms with Gasteiger partial charge in [-0.1, -0.05) is 12.1 Å². The fraction of sp³-hybridized carbons (Fsp3) is 0.619. The Kier molecular flexibility index (Phi) is 6.72. The van der Waals surface area contributed by atoms with E-state index in [2.05, 4.69) is 16.7 Å². The van der Waals surface area contributed by atoms with Crippen LogP contribution >= 0.6 is 0 Å². The van der Waals surface area contributed by atoms with Crippen LogP contribution in [0.5, 0.6) is 0 Å². The number of rotatable bonds is 5. The molecule has 27 heavy (non-hydrogen) atoms. The second-order valence-electron chi connectivity index (χ2n) is 7.86. The quantitative estimate of drug-likeness (QED) is 0.834. The maximum atomic E-state index is 12.5. The Morgan fingerprint density at radius 1 is 1.26 bits per heavy atom. The van der Waals surface area contributed by atoms with Crippen molar-refractivity contribution < 1.29 is 14.3 Å². The summed E-state index contributed by atoms with van der Waals surface area (Å²) in [5.74, 6) is 0.208. The predicted octanol–water partition coefficient (Wildman–Crippen LogP) is 2.89. The number of carbonyl (C=O) groups is 2. The number of nitrogens with zero attached hydrogens (tertiary/aromatic N) is 1. The zero-order valence-corrected chi connectivity index (χ0v) is 16.4. The predicted molar refractivity (Wildman–Crippen MR) is 105 cm³/mol. The van der Waals surface area contributed by atoms with Crippen molar-refractivity contribution in [1.29, 1.82) is 0 Å². The van der Waals surface area contributed by atoms with E-state index in [0.717, 1.165) is 44.4 Å². The molecule has 1 aromatic carbocycles. The van der Waals surface area contributed by atoms with Crippen LogP contribution < -0.4 is 10.6 Å². The zero-order chi connectivity index (χ0) is 19.2. The van der Waals surface area contributed by atoms with Gasteiger partial charge in [0.2, 0.25) is 0 Å². The minimum Gasteiger partial charge on any atom is -0.376 e. The van der Waals surface area contributed by atoms with E-state index >= 15 is 0 Å². The zero-order valence-electron chi connectivity index (χ0n) is 16.4. The lowest BCUT2D eigenvalue weighted by molar-refractivity contribution is 0.0857. The number of nitrogens with one attached hydrogen (secondary N) is 2. The van der Waals surface area contributed by atoms with Gasteiger partial charge in [0.25, 0.3) is 5.91 Å². The van der Waals surface area contributed by atoms with Crippen LogP contribution in [0.4, 0.5) is 4.79 Å². The number of likely N-dealkylation sites (tertiary alicyclic amines) is 1. The molecule has 1 aromatic rings. The molecule has 2 N–H and O–H groups in total. The number of amides is 3.